The fraction of sp³-hybridized carbons (Fsp3) is 0.619. The van der Waals surface area contributed by atoms with E-state index in [0.717, 1.165) is 38.0 Å². The maximum atomic E-state index is 12.4. The van der Waals surface area contributed by atoms with E-state index in [4.69, 9.17) is 0 Å². The molecule has 0 radical (unpaired) electrons. The maximum absolute atomic E-state index is 12.4. The van der Waals surface area contributed by atoms with Crippen molar-refractivity contribution in [2.75, 3.05) is 26.2 Å². The molecule has 1 aromatic carbocycles. The van der Waals surface area contributed by atoms with Crippen LogP contribution in [0.1, 0.15) is 44.1 Å². The first-order chi connectivity index (χ1) is 12.6. The van der Waals surface area contributed by atoms with Gasteiger partial charge in [-0.1, -0.05) is 30.3 Å². The van der Waals surface area contributed by atoms with Gasteiger partial charge in [-0.25, -0.2) is 0 Å². The molecule has 4 rings (SSSR count). The van der Waals surface area contributed by atoms with Crippen LogP contribution in [0.2, 0.25) is 0 Å². The number of nitrogens with one attached hydrogen (secondary N) is 1. The van der Waals surface area contributed by atoms with Crippen molar-refractivity contribution in [2.24, 2.45) is 5.41 Å². The Morgan fingerprint density at radius 3 is 2.73 bits per heavy atom. The second-order valence-electron chi connectivity index (χ2n) is 8.33. The number of carbonyl (C=O) groups is 2. The van der Waals surface area contributed by atoms with Gasteiger partial charge in [0, 0.05) is 37.5 Å². The van der Waals surface area contributed by atoms with Crippen molar-refractivity contribution in [1.29, 1.82) is 0 Å². The predicted octanol–water partition coefficient (Wildman–Crippen LogP) is 2.17. The van der Waals surface area contributed by atoms with Gasteiger partial charge in [0.15, 0.2) is 0 Å². The Kier molecular flexibility index (Phi) is 4.98. The predicted molar refractivity (Wildman–Crippen MR) is 100 cm³/mol. The third-order valence-corrected chi connectivity index (χ3v) is 6.12. The molecule has 2 aliphatic heterocycles. The maximum Gasteiger partial charge on any atom is 0.234 e. The monoisotopic (exact) mass is 355 g/mol. The van der Waals surface area contributed by atoms with E-state index in [2.05, 4.69) is 15.1 Å². The highest BCUT2D eigenvalue weighted by Gasteiger charge is 2.45. The largest absolute Gasteiger partial charge is 0.351 e. The van der Waals surface area contributed by atoms with E-state index in [1.165, 1.54) is 19.3 Å². The van der Waals surface area contributed by atoms with Crippen LogP contribution >= 0.6 is 0 Å². The molecule has 1 N–H and O–H groups in total. The molecule has 1 atom stereocenters. The van der Waals surface area contributed by atoms with Gasteiger partial charge in [-0.15, -0.1) is 0 Å². The van der Waals surface area contributed by atoms with E-state index in [-0.39, 0.29) is 11.3 Å². The summed E-state index contributed by atoms with van der Waals surface area (Å²) in [6.45, 7) is 3.88. The highest BCUT2D eigenvalue weighted by molar-refractivity contribution is 5.78. The molecule has 1 aliphatic carbocycles. The zero-order valence-corrected chi connectivity index (χ0v) is 15.5. The number of hydrogen-bond donors (Lipinski definition) is 1. The second kappa shape index (κ2) is 7.39. The number of nitrogens with zero attached hydrogens (tertiary/aromatic N) is 2. The van der Waals surface area contributed by atoms with Crippen LogP contribution in [0, 0.1) is 5.41 Å². The molecule has 0 aromatic heterocycles. The van der Waals surface area contributed by atoms with Gasteiger partial charge < -0.3 is 10.2 Å². The van der Waals surface area contributed by atoms with E-state index in [0.29, 0.717) is 31.5 Å². The Morgan fingerprint density at radius 2 is 1.96 bits per heavy atom. The number of benzene rings is 1. The normalized spacial score (nSPS) is 26.9. The quantitative estimate of drug-likeness (QED) is 0.881. The minimum Gasteiger partial charge on any atom is -0.351 e. The van der Waals surface area contributed by atoms with Crippen molar-refractivity contribution in [2.45, 2.75) is 51.1 Å². The molecular weight excluding hydrogens is 326 g/mol. The first-order valence-corrected chi connectivity index (χ1v) is 9.96. The highest BCUT2D eigenvalue weighted by atomic mass is 16.2. The molecule has 0 unspecified atom stereocenters. The average Bonchev–Trinajstić information content (AvgIpc) is 3.49. The fourth-order valence-corrected chi connectivity index (χ4v) is 4.60. The number of piperidine rings is 2. The lowest BCUT2D eigenvalue weighted by Crippen LogP contribution is -2.55. The van der Waals surface area contributed by atoms with Crippen LogP contribution in [0.3, 0.4) is 0 Å². The SMILES string of the molecule is O=C(CN1CCC[C@]2(CCC(=O)N(C3CC3)C2)C1)NCc1ccccc1. The van der Waals surface area contributed by atoms with Crippen LogP contribution in [0.25, 0.3) is 0 Å². The number of rotatable bonds is 5. The van der Waals surface area contributed by atoms with Gasteiger partial charge in [0.05, 0.1) is 6.54 Å². The summed E-state index contributed by atoms with van der Waals surface area (Å²) < 4.78 is 0. The summed E-state index contributed by atoms with van der Waals surface area (Å²) in [6.07, 6.45) is 6.33. The molecule has 3 fully saturated rings. The molecule has 1 spiro atoms. The Morgan fingerprint density at radius 1 is 1.15 bits per heavy atom. The first-order valence-electron chi connectivity index (χ1n) is 9.96. The molecule has 26 heavy (non-hydrogen) atoms. The van der Waals surface area contributed by atoms with Gasteiger partial charge in [0.25, 0.3) is 0 Å². The highest BCUT2D eigenvalue weighted by Crippen LogP contribution is 2.42. The van der Waals surface area contributed by atoms with Gasteiger partial charge in [-0.3, -0.25) is 14.5 Å². The lowest BCUT2D eigenvalue weighted by molar-refractivity contribution is -0.140. The van der Waals surface area contributed by atoms with Crippen molar-refractivity contribution in [3.63, 3.8) is 0 Å². The van der Waals surface area contributed by atoms with Crippen LogP contribution in [0.15, 0.2) is 30.3 Å². The van der Waals surface area contributed by atoms with E-state index >= 15 is 0 Å². The molecule has 140 valence electrons. The number of amides is 2. The van der Waals surface area contributed by atoms with Crippen molar-refractivity contribution in [3.8, 4) is 0 Å². The van der Waals surface area contributed by atoms with Gasteiger partial charge in [-0.2, -0.15) is 0 Å². The number of likely N-dealkylation sites (tertiary alicyclic amines) is 2. The van der Waals surface area contributed by atoms with Crippen LogP contribution in [-0.4, -0.2) is 53.8 Å². The van der Waals surface area contributed by atoms with E-state index in [1.54, 1.807) is 0 Å². The number of hydrogen-bond acceptors (Lipinski definition) is 3. The lowest BCUT2D eigenvalue weighted by Gasteiger charge is -2.48. The minimum atomic E-state index is 0.0943. The van der Waals surface area contributed by atoms with Crippen molar-refractivity contribution in [1.82, 2.24) is 15.1 Å². The second-order valence-corrected chi connectivity index (χ2v) is 8.33. The van der Waals surface area contributed by atoms with Gasteiger partial charge in [0.2, 0.25) is 11.8 Å². The Bertz CT molecular complexity index is 658. The smallest absolute Gasteiger partial charge is 0.234 e. The molecule has 1 aromatic rings. The molecule has 1 saturated carbocycles. The van der Waals surface area contributed by atoms with Crippen molar-refractivity contribution < 1.29 is 9.59 Å². The minimum absolute atomic E-state index is 0.0943. The summed E-state index contributed by atoms with van der Waals surface area (Å²) in [5.74, 6) is 0.438. The Hall–Kier alpha value is -1.88. The fourth-order valence-electron chi connectivity index (χ4n) is 4.60. The first kappa shape index (κ1) is 17.5. The number of carbonyl (C=O) groups excluding carboxylic acids is 2. The zero-order chi connectivity index (χ0) is 18.0. The van der Waals surface area contributed by atoms with Crippen molar-refractivity contribution >= 4 is 11.8 Å². The molecule has 5 nitrogen and oxygen atoms in total. The Balaban J connectivity index is 1.30. The summed E-state index contributed by atoms with van der Waals surface area (Å²) in [6, 6.07) is 10.5. The van der Waals surface area contributed by atoms with Gasteiger partial charge >= 0.3 is 0 Å². The van der Waals surface area contributed by atoms with E-state index in [9.17, 15) is 9.59 Å². The molecular formula is C21H29N3O2. The molecule has 2 amide bonds. The zero-order valence-electron chi connectivity index (χ0n) is 15.5. The van der Waals surface area contributed by atoms with Crippen molar-refractivity contribution in [3.05, 3.63) is 35.9 Å². The third-order valence-electron chi connectivity index (χ3n) is 6.12. The van der Waals surface area contributed by atoms with Crippen LogP contribution < -0.4 is 5.32 Å². The van der Waals surface area contributed by atoms with E-state index in [1.807, 2.05) is 30.3 Å². The van der Waals surface area contributed by atoms with E-state index < -0.39 is 0 Å². The van der Waals surface area contributed by atoms with Gasteiger partial charge in [-0.05, 0) is 44.2 Å². The summed E-state index contributed by atoms with van der Waals surface area (Å²) in [5, 5.41) is 3.04. The summed E-state index contributed by atoms with van der Waals surface area (Å²) in [7, 11) is 0. The molecule has 5 heteroatoms. The third kappa shape index (κ3) is 4.09. The summed E-state index contributed by atoms with van der Waals surface area (Å²) >= 11 is 0. The van der Waals surface area contributed by atoms with Crippen LogP contribution in [-0.2, 0) is 16.1 Å². The molecule has 3 aliphatic rings. The molecule has 2 saturated heterocycles. The van der Waals surface area contributed by atoms with Crippen LogP contribution in [0.4, 0.5) is 0 Å². The topological polar surface area (TPSA) is 52.7 Å². The molecule has 2 heterocycles. The molecule has 0 bridgehead atoms. The summed E-state index contributed by atoms with van der Waals surface area (Å²) in [5.41, 5.74) is 1.33. The average molecular weight is 355 g/mol. The lowest BCUT2D eigenvalue weighted by atomic mass is 9.73. The standard InChI is InChI=1S/C21H29N3O2/c25-19(22-13-17-5-2-1-3-6-17)14-23-12-4-10-21(15-23)11-9-20(26)24(16-21)18-7-8-18/h1-3,5-6,18H,4,7-16H2,(H,22,25)/t21-/m0/s1. The summed E-state index contributed by atoms with van der Waals surface area (Å²) in [4.78, 5) is 29.0. The Labute approximate surface area is 155 Å². The van der Waals surface area contributed by atoms with Gasteiger partial charge in [0.1, 0.15) is 0 Å². The van der Waals surface area contributed by atoms with Crippen LogP contribution in [0.5, 0.6) is 0 Å².